The number of rotatable bonds is 3. The van der Waals surface area contributed by atoms with Crippen LogP contribution in [0.3, 0.4) is 0 Å². The van der Waals surface area contributed by atoms with Crippen LogP contribution in [-0.2, 0) is 5.41 Å². The first-order valence-corrected chi connectivity index (χ1v) is 7.13. The summed E-state index contributed by atoms with van der Waals surface area (Å²) in [4.78, 5) is 0. The van der Waals surface area contributed by atoms with E-state index in [2.05, 4.69) is 38.2 Å². The average Bonchev–Trinajstić information content (AvgIpc) is 2.38. The third kappa shape index (κ3) is 3.75. The summed E-state index contributed by atoms with van der Waals surface area (Å²) in [6.07, 6.45) is 0. The maximum Gasteiger partial charge on any atom is 0.132 e. The Bertz CT molecular complexity index is 614. The Labute approximate surface area is 125 Å². The second-order valence-corrected chi connectivity index (χ2v) is 6.40. The lowest BCUT2D eigenvalue weighted by molar-refractivity contribution is 0.467. The van der Waals surface area contributed by atoms with E-state index in [9.17, 15) is 9.50 Å². The minimum Gasteiger partial charge on any atom is -0.508 e. The van der Waals surface area contributed by atoms with Crippen LogP contribution in [0.2, 0.25) is 0 Å². The Morgan fingerprint density at radius 1 is 1.05 bits per heavy atom. The first-order valence-electron chi connectivity index (χ1n) is 7.13. The minimum absolute atomic E-state index is 0.0574. The Kier molecular flexibility index (Phi) is 4.21. The monoisotopic (exact) mass is 287 g/mol. The van der Waals surface area contributed by atoms with E-state index in [1.54, 1.807) is 6.07 Å². The molecular formula is C18H22FNO. The molecule has 0 heterocycles. The smallest absolute Gasteiger partial charge is 0.132 e. The molecule has 2 nitrogen and oxygen atoms in total. The van der Waals surface area contributed by atoms with Gasteiger partial charge in [0.2, 0.25) is 0 Å². The number of halogens is 1. The second-order valence-electron chi connectivity index (χ2n) is 6.40. The topological polar surface area (TPSA) is 32.3 Å². The van der Waals surface area contributed by atoms with Gasteiger partial charge in [-0.2, -0.15) is 0 Å². The van der Waals surface area contributed by atoms with Crippen LogP contribution < -0.4 is 5.32 Å². The van der Waals surface area contributed by atoms with Crippen LogP contribution in [0.1, 0.15) is 44.9 Å². The lowest BCUT2D eigenvalue weighted by atomic mass is 9.87. The largest absolute Gasteiger partial charge is 0.508 e. The zero-order valence-electron chi connectivity index (χ0n) is 12.9. The Balaban J connectivity index is 2.14. The molecule has 21 heavy (non-hydrogen) atoms. The number of hydrogen-bond donors (Lipinski definition) is 2. The van der Waals surface area contributed by atoms with Gasteiger partial charge in [-0.1, -0.05) is 39.0 Å². The number of phenolic OH excluding ortho intramolecular Hbond substituents is 1. The predicted molar refractivity (Wildman–Crippen MR) is 85.2 cm³/mol. The summed E-state index contributed by atoms with van der Waals surface area (Å²) < 4.78 is 13.8. The SMILES string of the molecule is CC(Nc1ccc(C(C)(C)C)cc1)c1ccc(O)cc1F. The fourth-order valence-electron chi connectivity index (χ4n) is 2.26. The molecule has 0 aromatic heterocycles. The number of phenols is 1. The molecule has 0 amide bonds. The second kappa shape index (κ2) is 5.76. The van der Waals surface area contributed by atoms with Crippen molar-refractivity contribution in [2.24, 2.45) is 0 Å². The van der Waals surface area contributed by atoms with Gasteiger partial charge in [0.1, 0.15) is 11.6 Å². The first-order chi connectivity index (χ1) is 9.77. The quantitative estimate of drug-likeness (QED) is 0.832. The zero-order chi connectivity index (χ0) is 15.6. The van der Waals surface area contributed by atoms with Crippen LogP contribution in [0.4, 0.5) is 10.1 Å². The van der Waals surface area contributed by atoms with Crippen LogP contribution in [0.15, 0.2) is 42.5 Å². The summed E-state index contributed by atoms with van der Waals surface area (Å²) in [5.74, 6) is -0.459. The summed E-state index contributed by atoms with van der Waals surface area (Å²) >= 11 is 0. The van der Waals surface area contributed by atoms with Crippen LogP contribution in [-0.4, -0.2) is 5.11 Å². The Morgan fingerprint density at radius 3 is 2.19 bits per heavy atom. The summed E-state index contributed by atoms with van der Waals surface area (Å²) in [5, 5.41) is 12.5. The number of anilines is 1. The predicted octanol–water partition coefficient (Wildman–Crippen LogP) is 5.00. The highest BCUT2D eigenvalue weighted by Gasteiger charge is 2.14. The minimum atomic E-state index is -0.402. The van der Waals surface area contributed by atoms with E-state index in [1.807, 2.05) is 19.1 Å². The van der Waals surface area contributed by atoms with Crippen molar-refractivity contribution in [1.82, 2.24) is 0 Å². The lowest BCUT2D eigenvalue weighted by Crippen LogP contribution is -2.12. The van der Waals surface area contributed by atoms with Crippen molar-refractivity contribution < 1.29 is 9.50 Å². The summed E-state index contributed by atoms with van der Waals surface area (Å²) in [6.45, 7) is 8.41. The van der Waals surface area contributed by atoms with Crippen molar-refractivity contribution in [1.29, 1.82) is 0 Å². The van der Waals surface area contributed by atoms with Crippen molar-refractivity contribution in [3.8, 4) is 5.75 Å². The highest BCUT2D eigenvalue weighted by atomic mass is 19.1. The molecule has 0 aliphatic carbocycles. The average molecular weight is 287 g/mol. The number of benzene rings is 2. The molecule has 3 heteroatoms. The van der Waals surface area contributed by atoms with E-state index in [0.717, 1.165) is 11.8 Å². The van der Waals surface area contributed by atoms with Crippen molar-refractivity contribution in [2.45, 2.75) is 39.2 Å². The van der Waals surface area contributed by atoms with E-state index < -0.39 is 5.82 Å². The van der Waals surface area contributed by atoms with Crippen LogP contribution >= 0.6 is 0 Å². The Morgan fingerprint density at radius 2 is 1.67 bits per heavy atom. The van der Waals surface area contributed by atoms with Crippen molar-refractivity contribution in [2.75, 3.05) is 5.32 Å². The standard InChI is InChI=1S/C18H22FNO/c1-12(16-10-9-15(21)11-17(16)19)20-14-7-5-13(6-8-14)18(2,3)4/h5-12,20-21H,1-4H3. The highest BCUT2D eigenvalue weighted by molar-refractivity contribution is 5.48. The van der Waals surface area contributed by atoms with Gasteiger partial charge < -0.3 is 10.4 Å². The fraction of sp³-hybridized carbons (Fsp3) is 0.333. The highest BCUT2D eigenvalue weighted by Crippen LogP contribution is 2.27. The fourth-order valence-corrected chi connectivity index (χ4v) is 2.26. The number of aromatic hydroxyl groups is 1. The van der Waals surface area contributed by atoms with E-state index in [4.69, 9.17) is 0 Å². The molecule has 0 bridgehead atoms. The van der Waals surface area contributed by atoms with Crippen LogP contribution in [0.25, 0.3) is 0 Å². The zero-order valence-corrected chi connectivity index (χ0v) is 12.9. The molecule has 0 aliphatic heterocycles. The van der Waals surface area contributed by atoms with Gasteiger partial charge in [0.25, 0.3) is 0 Å². The molecule has 0 spiro atoms. The molecule has 0 aliphatic rings. The Hall–Kier alpha value is -2.03. The van der Waals surface area contributed by atoms with E-state index in [0.29, 0.717) is 5.56 Å². The van der Waals surface area contributed by atoms with E-state index in [1.165, 1.54) is 11.6 Å². The molecule has 1 unspecified atom stereocenters. The molecule has 0 saturated carbocycles. The molecule has 0 radical (unpaired) electrons. The third-order valence-electron chi connectivity index (χ3n) is 3.58. The summed E-state index contributed by atoms with van der Waals surface area (Å²) in [6, 6.07) is 12.3. The lowest BCUT2D eigenvalue weighted by Gasteiger charge is -2.21. The van der Waals surface area contributed by atoms with Crippen molar-refractivity contribution in [3.05, 3.63) is 59.4 Å². The summed E-state index contributed by atoms with van der Waals surface area (Å²) in [5.41, 5.74) is 2.86. The maximum atomic E-state index is 13.8. The number of hydrogen-bond acceptors (Lipinski definition) is 2. The molecule has 2 aromatic rings. The molecule has 2 N–H and O–H groups in total. The van der Waals surface area contributed by atoms with Gasteiger partial charge in [-0.15, -0.1) is 0 Å². The van der Waals surface area contributed by atoms with Gasteiger partial charge in [-0.3, -0.25) is 0 Å². The molecule has 1 atom stereocenters. The van der Waals surface area contributed by atoms with E-state index >= 15 is 0 Å². The van der Waals surface area contributed by atoms with Crippen molar-refractivity contribution in [3.63, 3.8) is 0 Å². The van der Waals surface area contributed by atoms with Gasteiger partial charge in [0.15, 0.2) is 0 Å². The van der Waals surface area contributed by atoms with Gasteiger partial charge in [0.05, 0.1) is 6.04 Å². The van der Waals surface area contributed by atoms with Gasteiger partial charge >= 0.3 is 0 Å². The van der Waals surface area contributed by atoms with Crippen LogP contribution in [0, 0.1) is 5.82 Å². The van der Waals surface area contributed by atoms with Gasteiger partial charge in [0, 0.05) is 17.3 Å². The van der Waals surface area contributed by atoms with Crippen LogP contribution in [0.5, 0.6) is 5.75 Å². The molecule has 0 saturated heterocycles. The number of nitrogens with one attached hydrogen (secondary N) is 1. The molecule has 2 rings (SSSR count). The normalized spacial score (nSPS) is 13.0. The van der Waals surface area contributed by atoms with Crippen molar-refractivity contribution >= 4 is 5.69 Å². The summed E-state index contributed by atoms with van der Waals surface area (Å²) in [7, 11) is 0. The van der Waals surface area contributed by atoms with E-state index in [-0.39, 0.29) is 17.2 Å². The van der Waals surface area contributed by atoms with Gasteiger partial charge in [-0.25, -0.2) is 4.39 Å². The molecular weight excluding hydrogens is 265 g/mol. The molecule has 112 valence electrons. The first kappa shape index (κ1) is 15.4. The third-order valence-corrected chi connectivity index (χ3v) is 3.58. The molecule has 0 fully saturated rings. The maximum absolute atomic E-state index is 13.8. The molecule has 2 aromatic carbocycles. The van der Waals surface area contributed by atoms with Gasteiger partial charge in [-0.05, 0) is 36.1 Å².